The number of nitrogens with one attached hydrogen (secondary N) is 2. The SMILES string of the molecule is CC(NC(=O)CC1CCN(c2ncc(S(C)(=O)=O)cc2NC(=O)c2cccc(Cl)c2)CC1)c1ccncc1. The Hall–Kier alpha value is -3.50. The number of amides is 2. The molecule has 1 aliphatic rings. The molecule has 1 aliphatic heterocycles. The van der Waals surface area contributed by atoms with Gasteiger partial charge in [-0.2, -0.15) is 0 Å². The number of benzene rings is 1. The van der Waals surface area contributed by atoms with E-state index < -0.39 is 15.7 Å². The van der Waals surface area contributed by atoms with Crippen molar-refractivity contribution in [1.82, 2.24) is 15.3 Å². The van der Waals surface area contributed by atoms with Crippen molar-refractivity contribution in [1.29, 1.82) is 0 Å². The molecular formula is C27H30ClN5O4S. The number of aromatic nitrogens is 2. The number of pyridine rings is 2. The van der Waals surface area contributed by atoms with Crippen molar-refractivity contribution in [2.75, 3.05) is 29.6 Å². The molecule has 0 spiro atoms. The zero-order chi connectivity index (χ0) is 27.3. The summed E-state index contributed by atoms with van der Waals surface area (Å²) in [7, 11) is -3.53. The first-order valence-corrected chi connectivity index (χ1v) is 14.6. The van der Waals surface area contributed by atoms with Gasteiger partial charge in [0, 0.05) is 54.9 Å². The summed E-state index contributed by atoms with van der Waals surface area (Å²) in [6, 6.07) is 11.6. The minimum Gasteiger partial charge on any atom is -0.355 e. The molecule has 1 aromatic carbocycles. The molecule has 2 N–H and O–H groups in total. The van der Waals surface area contributed by atoms with E-state index in [9.17, 15) is 18.0 Å². The highest BCUT2D eigenvalue weighted by Crippen LogP contribution is 2.31. The van der Waals surface area contributed by atoms with Gasteiger partial charge >= 0.3 is 0 Å². The molecule has 0 saturated carbocycles. The van der Waals surface area contributed by atoms with Crippen LogP contribution >= 0.6 is 11.6 Å². The third kappa shape index (κ3) is 7.08. The monoisotopic (exact) mass is 555 g/mol. The topological polar surface area (TPSA) is 121 Å². The third-order valence-electron chi connectivity index (χ3n) is 6.58. The van der Waals surface area contributed by atoms with Crippen molar-refractivity contribution < 1.29 is 18.0 Å². The van der Waals surface area contributed by atoms with E-state index in [1.807, 2.05) is 24.0 Å². The van der Waals surface area contributed by atoms with Crippen LogP contribution in [0, 0.1) is 5.92 Å². The van der Waals surface area contributed by atoms with Crippen molar-refractivity contribution in [3.63, 3.8) is 0 Å². The first-order chi connectivity index (χ1) is 18.1. The van der Waals surface area contributed by atoms with Crippen molar-refractivity contribution in [2.45, 2.75) is 37.1 Å². The van der Waals surface area contributed by atoms with E-state index in [0.717, 1.165) is 24.7 Å². The lowest BCUT2D eigenvalue weighted by Crippen LogP contribution is -2.37. The highest BCUT2D eigenvalue weighted by atomic mass is 35.5. The fraction of sp³-hybridized carbons (Fsp3) is 0.333. The molecule has 11 heteroatoms. The number of rotatable bonds is 8. The zero-order valence-electron chi connectivity index (χ0n) is 21.2. The second-order valence-corrected chi connectivity index (χ2v) is 11.9. The predicted molar refractivity (Wildman–Crippen MR) is 147 cm³/mol. The standard InChI is InChI=1S/C27H30ClN5O4S/c1-18(20-6-10-29-11-7-20)31-25(34)14-19-8-12-33(13-9-19)26-24(16-23(17-30-26)38(2,36)37)32-27(35)21-4-3-5-22(28)15-21/h3-7,10-11,15-19H,8-9,12-14H2,1-2H3,(H,31,34)(H,32,35). The first-order valence-electron chi connectivity index (χ1n) is 12.3. The van der Waals surface area contributed by atoms with E-state index in [1.54, 1.807) is 30.6 Å². The summed E-state index contributed by atoms with van der Waals surface area (Å²) >= 11 is 6.03. The molecule has 2 amide bonds. The Morgan fingerprint density at radius 3 is 2.50 bits per heavy atom. The molecule has 200 valence electrons. The van der Waals surface area contributed by atoms with Gasteiger partial charge in [-0.15, -0.1) is 0 Å². The average molecular weight is 556 g/mol. The summed E-state index contributed by atoms with van der Waals surface area (Å²) in [5.41, 5.74) is 1.65. The normalized spacial score (nSPS) is 15.1. The van der Waals surface area contributed by atoms with E-state index in [1.165, 1.54) is 18.3 Å². The number of carbonyl (C=O) groups excluding carboxylic acids is 2. The van der Waals surface area contributed by atoms with Crippen LogP contribution in [0.3, 0.4) is 0 Å². The summed E-state index contributed by atoms with van der Waals surface area (Å²) in [6.07, 6.45) is 7.74. The first kappa shape index (κ1) is 27.5. The second kappa shape index (κ2) is 11.9. The minimum absolute atomic E-state index is 0.00198. The van der Waals surface area contributed by atoms with E-state index in [4.69, 9.17) is 11.6 Å². The van der Waals surface area contributed by atoms with Gasteiger partial charge in [0.05, 0.1) is 16.6 Å². The third-order valence-corrected chi connectivity index (χ3v) is 7.89. The quantitative estimate of drug-likeness (QED) is 0.425. The molecule has 4 rings (SSSR count). The Morgan fingerprint density at radius 2 is 1.84 bits per heavy atom. The predicted octanol–water partition coefficient (Wildman–Crippen LogP) is 4.27. The van der Waals surface area contributed by atoms with Gasteiger partial charge in [0.1, 0.15) is 0 Å². The summed E-state index contributed by atoms with van der Waals surface area (Å²) in [5, 5.41) is 6.28. The van der Waals surface area contributed by atoms with Crippen LogP contribution in [-0.4, -0.2) is 49.5 Å². The van der Waals surface area contributed by atoms with Gasteiger partial charge in [0.25, 0.3) is 5.91 Å². The second-order valence-electron chi connectivity index (χ2n) is 9.48. The molecule has 3 aromatic rings. The molecular weight excluding hydrogens is 526 g/mol. The maximum Gasteiger partial charge on any atom is 0.255 e. The van der Waals surface area contributed by atoms with Gasteiger partial charge in [-0.25, -0.2) is 13.4 Å². The maximum absolute atomic E-state index is 12.9. The molecule has 0 bridgehead atoms. The number of piperidine rings is 1. The molecule has 0 aliphatic carbocycles. The maximum atomic E-state index is 12.9. The van der Waals surface area contributed by atoms with E-state index in [-0.39, 0.29) is 22.8 Å². The van der Waals surface area contributed by atoms with E-state index in [0.29, 0.717) is 41.6 Å². The average Bonchev–Trinajstić information content (AvgIpc) is 2.89. The zero-order valence-corrected chi connectivity index (χ0v) is 22.8. The Morgan fingerprint density at radius 1 is 1.13 bits per heavy atom. The number of sulfone groups is 1. The molecule has 1 atom stereocenters. The van der Waals surface area contributed by atoms with Crippen molar-refractivity contribution >= 4 is 44.8 Å². The van der Waals surface area contributed by atoms with Gasteiger partial charge in [0.2, 0.25) is 5.91 Å². The van der Waals surface area contributed by atoms with Crippen LogP contribution in [0.4, 0.5) is 11.5 Å². The Bertz CT molecular complexity index is 1410. The number of hydrogen-bond acceptors (Lipinski definition) is 7. The molecule has 0 radical (unpaired) electrons. The van der Waals surface area contributed by atoms with Crippen molar-refractivity contribution in [3.05, 3.63) is 77.2 Å². The lowest BCUT2D eigenvalue weighted by Gasteiger charge is -2.34. The van der Waals surface area contributed by atoms with Crippen LogP contribution in [0.2, 0.25) is 5.02 Å². The molecule has 1 fully saturated rings. The van der Waals surface area contributed by atoms with Gasteiger partial charge < -0.3 is 15.5 Å². The number of hydrogen-bond donors (Lipinski definition) is 2. The van der Waals surface area contributed by atoms with Gasteiger partial charge in [-0.05, 0) is 67.6 Å². The number of nitrogens with zero attached hydrogens (tertiary/aromatic N) is 3. The Kier molecular flexibility index (Phi) is 8.63. The van der Waals surface area contributed by atoms with Gasteiger partial charge in [-0.1, -0.05) is 17.7 Å². The van der Waals surface area contributed by atoms with Gasteiger partial charge in [0.15, 0.2) is 15.7 Å². The minimum atomic E-state index is -3.53. The summed E-state index contributed by atoms with van der Waals surface area (Å²) in [4.78, 5) is 36.0. The van der Waals surface area contributed by atoms with Crippen LogP contribution in [0.5, 0.6) is 0 Å². The molecule has 1 unspecified atom stereocenters. The number of anilines is 2. The van der Waals surface area contributed by atoms with Gasteiger partial charge in [-0.3, -0.25) is 14.6 Å². The summed E-state index contributed by atoms with van der Waals surface area (Å²) in [5.74, 6) is 0.270. The molecule has 9 nitrogen and oxygen atoms in total. The highest BCUT2D eigenvalue weighted by molar-refractivity contribution is 7.90. The summed E-state index contributed by atoms with van der Waals surface area (Å²) < 4.78 is 24.3. The molecule has 1 saturated heterocycles. The van der Waals surface area contributed by atoms with Crippen molar-refractivity contribution in [2.24, 2.45) is 5.92 Å². The van der Waals surface area contributed by atoms with E-state index in [2.05, 4.69) is 20.6 Å². The lowest BCUT2D eigenvalue weighted by atomic mass is 9.93. The fourth-order valence-electron chi connectivity index (χ4n) is 4.46. The van der Waals surface area contributed by atoms with Crippen LogP contribution in [0.15, 0.2) is 66.0 Å². The number of halogens is 1. The van der Waals surface area contributed by atoms with Crippen LogP contribution in [0.25, 0.3) is 0 Å². The summed E-state index contributed by atoms with van der Waals surface area (Å²) in [6.45, 7) is 3.17. The van der Waals surface area contributed by atoms with Crippen LogP contribution in [0.1, 0.15) is 48.1 Å². The Balaban J connectivity index is 1.43. The smallest absolute Gasteiger partial charge is 0.255 e. The molecule has 3 heterocycles. The number of carbonyl (C=O) groups is 2. The molecule has 2 aromatic heterocycles. The van der Waals surface area contributed by atoms with Crippen LogP contribution < -0.4 is 15.5 Å². The molecule has 38 heavy (non-hydrogen) atoms. The fourth-order valence-corrected chi connectivity index (χ4v) is 5.22. The van der Waals surface area contributed by atoms with E-state index >= 15 is 0 Å². The lowest BCUT2D eigenvalue weighted by molar-refractivity contribution is -0.122. The largest absolute Gasteiger partial charge is 0.355 e. The highest BCUT2D eigenvalue weighted by Gasteiger charge is 2.26. The van der Waals surface area contributed by atoms with Crippen LogP contribution in [-0.2, 0) is 14.6 Å². The Labute approximate surface area is 227 Å². The van der Waals surface area contributed by atoms with Crippen molar-refractivity contribution in [3.8, 4) is 0 Å².